The highest BCUT2D eigenvalue weighted by molar-refractivity contribution is 5.95. The first-order chi connectivity index (χ1) is 11.5. The zero-order valence-corrected chi connectivity index (χ0v) is 12.7. The normalized spacial score (nSPS) is 12.0. The van der Waals surface area contributed by atoms with Gasteiger partial charge in [0.2, 0.25) is 5.91 Å². The Morgan fingerprint density at radius 3 is 2.54 bits per heavy atom. The van der Waals surface area contributed by atoms with Crippen molar-refractivity contribution in [3.05, 3.63) is 64.6 Å². The van der Waals surface area contributed by atoms with E-state index in [1.54, 1.807) is 31.2 Å². The molecule has 1 atom stereocenters. The quantitative estimate of drug-likeness (QED) is 0.767. The summed E-state index contributed by atoms with van der Waals surface area (Å²) < 4.78 is 6.27. The van der Waals surface area contributed by atoms with Crippen LogP contribution in [0.5, 0.6) is 0 Å². The van der Waals surface area contributed by atoms with Gasteiger partial charge in [-0.1, -0.05) is 18.2 Å². The van der Waals surface area contributed by atoms with Gasteiger partial charge in [0, 0.05) is 5.69 Å². The molecule has 1 heterocycles. The number of carbonyl (C=O) groups is 2. The van der Waals surface area contributed by atoms with E-state index in [0.717, 1.165) is 0 Å². The van der Waals surface area contributed by atoms with E-state index in [9.17, 15) is 14.4 Å². The Bertz CT molecular complexity index is 972. The molecular weight excluding hydrogens is 312 g/mol. The Balaban J connectivity index is 1.96. The van der Waals surface area contributed by atoms with E-state index in [4.69, 9.17) is 9.52 Å². The smallest absolute Gasteiger partial charge is 0.420 e. The molecule has 1 amide bonds. The number of para-hydroxylation sites is 1. The van der Waals surface area contributed by atoms with Crippen molar-refractivity contribution in [1.29, 1.82) is 0 Å². The predicted molar refractivity (Wildman–Crippen MR) is 87.2 cm³/mol. The van der Waals surface area contributed by atoms with Gasteiger partial charge in [-0.05, 0) is 37.3 Å². The molecule has 1 unspecified atom stereocenters. The lowest BCUT2D eigenvalue weighted by molar-refractivity contribution is -0.118. The number of rotatable bonds is 4. The number of carbonyl (C=O) groups excluding carboxylic acids is 1. The molecule has 0 aliphatic carbocycles. The minimum absolute atomic E-state index is 0.00444. The van der Waals surface area contributed by atoms with Gasteiger partial charge in [-0.3, -0.25) is 9.36 Å². The molecule has 0 saturated heterocycles. The lowest BCUT2D eigenvalue weighted by Crippen LogP contribution is -2.29. The molecule has 0 aliphatic rings. The first-order valence-corrected chi connectivity index (χ1v) is 7.21. The minimum atomic E-state index is -1.12. The first-order valence-electron chi connectivity index (χ1n) is 7.21. The molecule has 2 N–H and O–H groups in total. The Labute approximate surface area is 136 Å². The Morgan fingerprint density at radius 1 is 1.17 bits per heavy atom. The van der Waals surface area contributed by atoms with Crippen LogP contribution < -0.4 is 11.1 Å². The van der Waals surface area contributed by atoms with Crippen molar-refractivity contribution in [3.8, 4) is 0 Å². The van der Waals surface area contributed by atoms with E-state index < -0.39 is 17.8 Å². The van der Waals surface area contributed by atoms with Crippen LogP contribution in [0.1, 0.15) is 23.3 Å². The third kappa shape index (κ3) is 2.79. The average molecular weight is 326 g/mol. The summed E-state index contributed by atoms with van der Waals surface area (Å²) in [5.41, 5.74) is 1.10. The van der Waals surface area contributed by atoms with Gasteiger partial charge < -0.3 is 14.8 Å². The number of fused-ring (bicyclic) bond motifs is 1. The number of nitrogens with zero attached hydrogens (tertiary/aromatic N) is 1. The highest BCUT2D eigenvalue weighted by atomic mass is 16.4. The van der Waals surface area contributed by atoms with E-state index in [0.29, 0.717) is 11.2 Å². The number of amides is 1. The van der Waals surface area contributed by atoms with Gasteiger partial charge in [-0.25, -0.2) is 9.59 Å². The number of anilines is 1. The van der Waals surface area contributed by atoms with Crippen LogP contribution >= 0.6 is 0 Å². The minimum Gasteiger partial charge on any atom is -0.478 e. The van der Waals surface area contributed by atoms with Crippen LogP contribution in [-0.2, 0) is 4.79 Å². The van der Waals surface area contributed by atoms with E-state index in [1.165, 1.54) is 22.8 Å². The van der Waals surface area contributed by atoms with Crippen molar-refractivity contribution in [2.24, 2.45) is 0 Å². The van der Waals surface area contributed by atoms with Crippen LogP contribution in [-0.4, -0.2) is 21.6 Å². The SMILES string of the molecule is CC(C(=O)Nc1ccccc1)n1c(=O)oc2cc(C(=O)O)ccc21. The van der Waals surface area contributed by atoms with Gasteiger partial charge in [0.25, 0.3) is 0 Å². The zero-order chi connectivity index (χ0) is 17.3. The van der Waals surface area contributed by atoms with E-state index in [1.807, 2.05) is 6.07 Å². The lowest BCUT2D eigenvalue weighted by atomic mass is 10.2. The van der Waals surface area contributed by atoms with Crippen molar-refractivity contribution < 1.29 is 19.1 Å². The van der Waals surface area contributed by atoms with E-state index in [-0.39, 0.29) is 17.1 Å². The molecule has 0 fully saturated rings. The molecule has 0 saturated carbocycles. The molecule has 7 heteroatoms. The molecular formula is C17H14N2O5. The number of hydrogen-bond donors (Lipinski definition) is 2. The molecule has 2 aromatic carbocycles. The van der Waals surface area contributed by atoms with Crippen molar-refractivity contribution in [3.63, 3.8) is 0 Å². The van der Waals surface area contributed by atoms with Crippen molar-refractivity contribution in [2.75, 3.05) is 5.32 Å². The zero-order valence-electron chi connectivity index (χ0n) is 12.7. The van der Waals surface area contributed by atoms with Crippen molar-refractivity contribution in [2.45, 2.75) is 13.0 Å². The third-order valence-corrected chi connectivity index (χ3v) is 3.67. The van der Waals surface area contributed by atoms with Crippen molar-refractivity contribution in [1.82, 2.24) is 4.57 Å². The number of benzene rings is 2. The molecule has 0 radical (unpaired) electrons. The fourth-order valence-corrected chi connectivity index (χ4v) is 2.42. The summed E-state index contributed by atoms with van der Waals surface area (Å²) in [4.78, 5) is 35.5. The summed E-state index contributed by atoms with van der Waals surface area (Å²) in [5, 5.41) is 11.7. The lowest BCUT2D eigenvalue weighted by Gasteiger charge is -2.13. The number of nitrogens with one attached hydrogen (secondary N) is 1. The monoisotopic (exact) mass is 326 g/mol. The maximum Gasteiger partial charge on any atom is 0.420 e. The van der Waals surface area contributed by atoms with Crippen LogP contribution in [0.25, 0.3) is 11.1 Å². The van der Waals surface area contributed by atoms with Gasteiger partial charge in [0.05, 0.1) is 11.1 Å². The van der Waals surface area contributed by atoms with Crippen LogP contribution in [0.4, 0.5) is 5.69 Å². The van der Waals surface area contributed by atoms with Crippen LogP contribution in [0.15, 0.2) is 57.7 Å². The number of carboxylic acid groups (broad SMARTS) is 1. The largest absolute Gasteiger partial charge is 0.478 e. The molecule has 3 rings (SSSR count). The molecule has 0 bridgehead atoms. The topological polar surface area (TPSA) is 102 Å². The second-order valence-electron chi connectivity index (χ2n) is 5.26. The standard InChI is InChI=1S/C17H14N2O5/c1-10(15(20)18-12-5-3-2-4-6-12)19-13-8-7-11(16(21)22)9-14(13)24-17(19)23/h2-10H,1H3,(H,18,20)(H,21,22). The average Bonchev–Trinajstić information content (AvgIpc) is 2.89. The summed E-state index contributed by atoms with van der Waals surface area (Å²) in [5.74, 6) is -2.22. The van der Waals surface area contributed by atoms with Crippen molar-refractivity contribution >= 4 is 28.7 Å². The maximum absolute atomic E-state index is 12.4. The Kier molecular flexibility index (Phi) is 3.91. The summed E-state index contributed by atoms with van der Waals surface area (Å²) in [6.45, 7) is 1.57. The van der Waals surface area contributed by atoms with Crippen LogP contribution in [0.2, 0.25) is 0 Å². The van der Waals surface area contributed by atoms with Gasteiger partial charge >= 0.3 is 11.7 Å². The molecule has 24 heavy (non-hydrogen) atoms. The van der Waals surface area contributed by atoms with Gasteiger partial charge in [-0.15, -0.1) is 0 Å². The van der Waals surface area contributed by atoms with E-state index >= 15 is 0 Å². The molecule has 3 aromatic rings. The number of aromatic carboxylic acids is 1. The third-order valence-electron chi connectivity index (χ3n) is 3.67. The summed E-state index contributed by atoms with van der Waals surface area (Å²) in [6, 6.07) is 12.1. The summed E-state index contributed by atoms with van der Waals surface area (Å²) in [7, 11) is 0. The van der Waals surface area contributed by atoms with E-state index in [2.05, 4.69) is 5.32 Å². The second kappa shape index (κ2) is 6.04. The number of hydrogen-bond acceptors (Lipinski definition) is 4. The summed E-state index contributed by atoms with van der Waals surface area (Å²) in [6.07, 6.45) is 0. The van der Waals surface area contributed by atoms with Gasteiger partial charge in [0.15, 0.2) is 5.58 Å². The Hall–Kier alpha value is -3.35. The molecule has 0 aliphatic heterocycles. The van der Waals surface area contributed by atoms with Gasteiger partial charge in [-0.2, -0.15) is 0 Å². The molecule has 0 spiro atoms. The van der Waals surface area contributed by atoms with Crippen LogP contribution in [0.3, 0.4) is 0 Å². The molecule has 122 valence electrons. The fourth-order valence-electron chi connectivity index (χ4n) is 2.42. The Morgan fingerprint density at radius 2 is 1.88 bits per heavy atom. The highest BCUT2D eigenvalue weighted by Gasteiger charge is 2.22. The summed E-state index contributed by atoms with van der Waals surface area (Å²) >= 11 is 0. The predicted octanol–water partition coefficient (Wildman–Crippen LogP) is 2.49. The molecule has 1 aromatic heterocycles. The van der Waals surface area contributed by atoms with Crippen LogP contribution in [0, 0.1) is 0 Å². The molecule has 7 nitrogen and oxygen atoms in total. The fraction of sp³-hybridized carbons (Fsp3) is 0.118. The first kappa shape index (κ1) is 15.5. The number of aromatic nitrogens is 1. The van der Waals surface area contributed by atoms with Gasteiger partial charge in [0.1, 0.15) is 6.04 Å². The highest BCUT2D eigenvalue weighted by Crippen LogP contribution is 2.20. The second-order valence-corrected chi connectivity index (χ2v) is 5.26. The number of carboxylic acids is 1. The number of oxazole rings is 1. The maximum atomic E-state index is 12.4.